The van der Waals surface area contributed by atoms with E-state index < -0.39 is 0 Å². The molecule has 4 nitrogen and oxygen atoms in total. The zero-order valence-corrected chi connectivity index (χ0v) is 14.2. The summed E-state index contributed by atoms with van der Waals surface area (Å²) in [6, 6.07) is 18.7. The highest BCUT2D eigenvalue weighted by Gasteiger charge is 2.10. The molecule has 0 saturated heterocycles. The fourth-order valence-corrected chi connectivity index (χ4v) is 2.95. The van der Waals surface area contributed by atoms with Gasteiger partial charge in [-0.05, 0) is 42.3 Å². The van der Waals surface area contributed by atoms with Crippen LogP contribution in [0.2, 0.25) is 0 Å². The van der Waals surface area contributed by atoms with Crippen LogP contribution < -0.4 is 5.32 Å². The first-order valence-corrected chi connectivity index (χ1v) is 8.21. The van der Waals surface area contributed by atoms with Crippen molar-refractivity contribution < 1.29 is 0 Å². The minimum Gasteiger partial charge on any atom is -0.373 e. The van der Waals surface area contributed by atoms with E-state index in [1.165, 1.54) is 11.1 Å². The first kappa shape index (κ1) is 15.3. The van der Waals surface area contributed by atoms with Crippen LogP contribution in [0.1, 0.15) is 5.56 Å². The molecule has 0 amide bonds. The van der Waals surface area contributed by atoms with Crippen LogP contribution in [0.25, 0.3) is 33.4 Å². The number of hydrogen-bond acceptors (Lipinski definition) is 4. The summed E-state index contributed by atoms with van der Waals surface area (Å²) in [5.74, 6) is 1.49. The van der Waals surface area contributed by atoms with Gasteiger partial charge in [0, 0.05) is 30.4 Å². The summed E-state index contributed by atoms with van der Waals surface area (Å²) < 4.78 is 0. The van der Waals surface area contributed by atoms with E-state index in [1.54, 1.807) is 12.4 Å². The zero-order valence-electron chi connectivity index (χ0n) is 14.2. The second-order valence-corrected chi connectivity index (χ2v) is 5.99. The molecule has 0 aliphatic heterocycles. The molecule has 0 fully saturated rings. The zero-order chi connectivity index (χ0) is 17.2. The van der Waals surface area contributed by atoms with E-state index in [-0.39, 0.29) is 0 Å². The molecule has 2 aromatic carbocycles. The number of aromatic nitrogens is 3. The monoisotopic (exact) mass is 326 g/mol. The van der Waals surface area contributed by atoms with Crippen LogP contribution in [-0.4, -0.2) is 22.0 Å². The van der Waals surface area contributed by atoms with Gasteiger partial charge in [0.1, 0.15) is 5.82 Å². The maximum Gasteiger partial charge on any atom is 0.163 e. The molecule has 0 unspecified atom stereocenters. The van der Waals surface area contributed by atoms with Gasteiger partial charge in [-0.3, -0.25) is 4.98 Å². The standard InChI is InChI=1S/C21H18N4/c1-14-5-3-6-15(11-14)16-8-9-18-19(12-16)24-20(25-21(18)22-2)17-7-4-10-23-13-17/h3-13H,1-2H3,(H,22,24,25). The first-order chi connectivity index (χ1) is 12.2. The van der Waals surface area contributed by atoms with Gasteiger partial charge in [-0.2, -0.15) is 0 Å². The third kappa shape index (κ3) is 2.94. The van der Waals surface area contributed by atoms with Crippen molar-refractivity contribution in [3.8, 4) is 22.5 Å². The highest BCUT2D eigenvalue weighted by molar-refractivity contribution is 5.93. The minimum atomic E-state index is 0.673. The molecule has 25 heavy (non-hydrogen) atoms. The predicted molar refractivity (Wildman–Crippen MR) is 102 cm³/mol. The molecule has 0 radical (unpaired) electrons. The lowest BCUT2D eigenvalue weighted by atomic mass is 10.0. The van der Waals surface area contributed by atoms with Gasteiger partial charge in [-0.25, -0.2) is 9.97 Å². The van der Waals surface area contributed by atoms with E-state index in [9.17, 15) is 0 Å². The smallest absolute Gasteiger partial charge is 0.163 e. The van der Waals surface area contributed by atoms with E-state index in [1.807, 2.05) is 19.2 Å². The van der Waals surface area contributed by atoms with Gasteiger partial charge >= 0.3 is 0 Å². The number of hydrogen-bond donors (Lipinski definition) is 1. The number of rotatable bonds is 3. The minimum absolute atomic E-state index is 0.673. The number of pyridine rings is 1. The Hall–Kier alpha value is -3.27. The fourth-order valence-electron chi connectivity index (χ4n) is 2.95. The van der Waals surface area contributed by atoms with Crippen LogP contribution in [0.3, 0.4) is 0 Å². The fraction of sp³-hybridized carbons (Fsp3) is 0.0952. The SMILES string of the molecule is CNc1nc(-c2cccnc2)nc2cc(-c3cccc(C)c3)ccc12. The molecule has 4 aromatic rings. The van der Waals surface area contributed by atoms with Crippen LogP contribution in [0, 0.1) is 6.92 Å². The highest BCUT2D eigenvalue weighted by atomic mass is 15.0. The van der Waals surface area contributed by atoms with Gasteiger partial charge < -0.3 is 5.32 Å². The van der Waals surface area contributed by atoms with Crippen LogP contribution in [0.4, 0.5) is 5.82 Å². The van der Waals surface area contributed by atoms with Crippen molar-refractivity contribution in [1.82, 2.24) is 15.0 Å². The van der Waals surface area contributed by atoms with Crippen molar-refractivity contribution in [2.75, 3.05) is 12.4 Å². The molecule has 4 heteroatoms. The number of nitrogens with one attached hydrogen (secondary N) is 1. The Labute approximate surface area is 146 Å². The summed E-state index contributed by atoms with van der Waals surface area (Å²) in [5.41, 5.74) is 5.40. The van der Waals surface area contributed by atoms with Crippen LogP contribution >= 0.6 is 0 Å². The van der Waals surface area contributed by atoms with Crippen molar-refractivity contribution in [2.45, 2.75) is 6.92 Å². The quantitative estimate of drug-likeness (QED) is 0.592. The Kier molecular flexibility index (Phi) is 3.86. The van der Waals surface area contributed by atoms with Gasteiger partial charge in [0.25, 0.3) is 0 Å². The van der Waals surface area contributed by atoms with Gasteiger partial charge in [0.05, 0.1) is 5.52 Å². The first-order valence-electron chi connectivity index (χ1n) is 8.21. The molecule has 4 rings (SSSR count). The number of aryl methyl sites for hydroxylation is 1. The third-order valence-electron chi connectivity index (χ3n) is 4.20. The molecule has 0 spiro atoms. The Morgan fingerprint density at radius 1 is 0.840 bits per heavy atom. The second-order valence-electron chi connectivity index (χ2n) is 5.99. The lowest BCUT2D eigenvalue weighted by molar-refractivity contribution is 1.20. The summed E-state index contributed by atoms with van der Waals surface area (Å²) in [7, 11) is 1.88. The molecular weight excluding hydrogens is 308 g/mol. The lowest BCUT2D eigenvalue weighted by Crippen LogP contribution is -1.99. The Balaban J connectivity index is 1.91. The largest absolute Gasteiger partial charge is 0.373 e. The maximum absolute atomic E-state index is 4.77. The van der Waals surface area contributed by atoms with E-state index in [0.717, 1.165) is 27.8 Å². The van der Waals surface area contributed by atoms with E-state index in [4.69, 9.17) is 4.98 Å². The topological polar surface area (TPSA) is 50.7 Å². The summed E-state index contributed by atoms with van der Waals surface area (Å²) in [5, 5.41) is 4.18. The predicted octanol–water partition coefficient (Wildman–Crippen LogP) is 4.71. The summed E-state index contributed by atoms with van der Waals surface area (Å²) in [6.07, 6.45) is 3.53. The van der Waals surface area contributed by atoms with Gasteiger partial charge in [-0.15, -0.1) is 0 Å². The van der Waals surface area contributed by atoms with E-state index in [0.29, 0.717) is 5.82 Å². The normalized spacial score (nSPS) is 10.8. The summed E-state index contributed by atoms with van der Waals surface area (Å²) in [4.78, 5) is 13.6. The van der Waals surface area contributed by atoms with Crippen molar-refractivity contribution in [3.63, 3.8) is 0 Å². The van der Waals surface area contributed by atoms with E-state index >= 15 is 0 Å². The maximum atomic E-state index is 4.77. The second kappa shape index (κ2) is 6.32. The number of benzene rings is 2. The molecule has 2 heterocycles. The molecule has 0 bridgehead atoms. The average molecular weight is 326 g/mol. The molecule has 0 saturated carbocycles. The van der Waals surface area contributed by atoms with Gasteiger partial charge in [0.2, 0.25) is 0 Å². The van der Waals surface area contributed by atoms with Crippen molar-refractivity contribution in [1.29, 1.82) is 0 Å². The number of nitrogens with zero attached hydrogens (tertiary/aromatic N) is 3. The van der Waals surface area contributed by atoms with Crippen molar-refractivity contribution in [3.05, 3.63) is 72.6 Å². The molecule has 122 valence electrons. The van der Waals surface area contributed by atoms with E-state index in [2.05, 4.69) is 64.7 Å². The highest BCUT2D eigenvalue weighted by Crippen LogP contribution is 2.29. The molecule has 0 aliphatic carbocycles. The average Bonchev–Trinajstić information content (AvgIpc) is 2.67. The van der Waals surface area contributed by atoms with Crippen molar-refractivity contribution >= 4 is 16.7 Å². The van der Waals surface area contributed by atoms with Crippen molar-refractivity contribution in [2.24, 2.45) is 0 Å². The third-order valence-corrected chi connectivity index (χ3v) is 4.20. The molecular formula is C21H18N4. The summed E-state index contributed by atoms with van der Waals surface area (Å²) >= 11 is 0. The molecule has 2 aromatic heterocycles. The molecule has 1 N–H and O–H groups in total. The van der Waals surface area contributed by atoms with Crippen LogP contribution in [0.5, 0.6) is 0 Å². The lowest BCUT2D eigenvalue weighted by Gasteiger charge is -2.10. The van der Waals surface area contributed by atoms with Gasteiger partial charge in [-0.1, -0.05) is 35.9 Å². The number of anilines is 1. The van der Waals surface area contributed by atoms with Gasteiger partial charge in [0.15, 0.2) is 5.82 Å². The number of fused-ring (bicyclic) bond motifs is 1. The summed E-state index contributed by atoms with van der Waals surface area (Å²) in [6.45, 7) is 2.10. The Bertz CT molecular complexity index is 1040. The Morgan fingerprint density at radius 2 is 1.68 bits per heavy atom. The van der Waals surface area contributed by atoms with Crippen LogP contribution in [0.15, 0.2) is 67.0 Å². The van der Waals surface area contributed by atoms with Crippen LogP contribution in [-0.2, 0) is 0 Å². The molecule has 0 aliphatic rings. The molecule has 0 atom stereocenters. The Morgan fingerprint density at radius 3 is 2.44 bits per heavy atom.